The van der Waals surface area contributed by atoms with Crippen molar-refractivity contribution in [2.45, 2.75) is 25.4 Å². The summed E-state index contributed by atoms with van der Waals surface area (Å²) >= 11 is 0. The lowest BCUT2D eigenvalue weighted by atomic mass is 10.1. The molecule has 1 saturated heterocycles. The van der Waals surface area contributed by atoms with Crippen LogP contribution in [0.5, 0.6) is 0 Å². The molecule has 2 heterocycles. The fraction of sp³-hybridized carbons (Fsp3) is 0.538. The van der Waals surface area contributed by atoms with Gasteiger partial charge in [0.05, 0.1) is 16.6 Å². The predicted octanol–water partition coefficient (Wildman–Crippen LogP) is 1.09. The third kappa shape index (κ3) is 3.66. The first-order chi connectivity index (χ1) is 9.99. The first kappa shape index (κ1) is 15.2. The minimum atomic E-state index is -0.738. The Morgan fingerprint density at radius 3 is 2.95 bits per heavy atom. The lowest BCUT2D eigenvalue weighted by Gasteiger charge is -2.28. The van der Waals surface area contributed by atoms with E-state index in [-0.39, 0.29) is 17.4 Å². The number of rotatable bonds is 5. The zero-order chi connectivity index (χ0) is 15.4. The molecule has 1 unspecified atom stereocenters. The number of nitrogens with zero attached hydrogens (tertiary/aromatic N) is 3. The average Bonchev–Trinajstić information content (AvgIpc) is 2.47. The molecule has 2 N–H and O–H groups in total. The Balaban J connectivity index is 2.20. The second-order valence-corrected chi connectivity index (χ2v) is 5.06. The van der Waals surface area contributed by atoms with Crippen molar-refractivity contribution >= 4 is 17.4 Å². The monoisotopic (exact) mass is 294 g/mol. The number of aromatic nitrogens is 1. The van der Waals surface area contributed by atoms with Crippen LogP contribution in [0.2, 0.25) is 0 Å². The van der Waals surface area contributed by atoms with Crippen LogP contribution in [0.3, 0.4) is 0 Å². The topological polar surface area (TPSA) is 112 Å². The van der Waals surface area contributed by atoms with E-state index in [1.165, 1.54) is 0 Å². The number of ether oxygens (including phenoxy) is 1. The van der Waals surface area contributed by atoms with Gasteiger partial charge in [-0.25, -0.2) is 4.98 Å². The van der Waals surface area contributed by atoms with Gasteiger partial charge in [0.1, 0.15) is 12.0 Å². The normalized spacial score (nSPS) is 18.2. The molecule has 114 valence electrons. The van der Waals surface area contributed by atoms with Crippen molar-refractivity contribution in [3.05, 3.63) is 27.9 Å². The summed E-state index contributed by atoms with van der Waals surface area (Å²) < 4.78 is 5.64. The highest BCUT2D eigenvalue weighted by Gasteiger charge is 2.22. The number of nitrogens with two attached hydrogens (primary N) is 1. The molecule has 1 aliphatic heterocycles. The van der Waals surface area contributed by atoms with Crippen LogP contribution < -0.4 is 10.6 Å². The molecule has 1 aromatic rings. The largest absolute Gasteiger partial charge is 0.376 e. The van der Waals surface area contributed by atoms with E-state index in [1.54, 1.807) is 11.9 Å². The molecule has 0 bridgehead atoms. The SMILES string of the molecule is CN(CC1CCCCO1)c1ncc([N+](=O)[O-])cc1C(N)=O. The smallest absolute Gasteiger partial charge is 0.288 e. The molecule has 0 saturated carbocycles. The number of anilines is 1. The first-order valence-electron chi connectivity index (χ1n) is 6.76. The summed E-state index contributed by atoms with van der Waals surface area (Å²) in [5.74, 6) is -0.403. The molecular formula is C13H18N4O4. The summed E-state index contributed by atoms with van der Waals surface area (Å²) in [5, 5.41) is 10.8. The summed E-state index contributed by atoms with van der Waals surface area (Å²) in [6.07, 6.45) is 4.31. The number of amides is 1. The van der Waals surface area contributed by atoms with Gasteiger partial charge in [0.2, 0.25) is 0 Å². The molecule has 0 aliphatic carbocycles. The van der Waals surface area contributed by atoms with Gasteiger partial charge >= 0.3 is 0 Å². The summed E-state index contributed by atoms with van der Waals surface area (Å²) in [7, 11) is 1.76. The van der Waals surface area contributed by atoms with Crippen LogP contribution in [0.15, 0.2) is 12.3 Å². The molecule has 0 aromatic carbocycles. The van der Waals surface area contributed by atoms with Crippen molar-refractivity contribution in [2.24, 2.45) is 5.73 Å². The van der Waals surface area contributed by atoms with Crippen LogP contribution in [0.4, 0.5) is 11.5 Å². The van der Waals surface area contributed by atoms with Crippen LogP contribution in [0.25, 0.3) is 0 Å². The van der Waals surface area contributed by atoms with Gasteiger partial charge in [-0.05, 0) is 19.3 Å². The van der Waals surface area contributed by atoms with Crippen molar-refractivity contribution in [3.63, 3.8) is 0 Å². The van der Waals surface area contributed by atoms with Crippen LogP contribution >= 0.6 is 0 Å². The highest BCUT2D eigenvalue weighted by Crippen LogP contribution is 2.23. The zero-order valence-corrected chi connectivity index (χ0v) is 11.8. The summed E-state index contributed by atoms with van der Waals surface area (Å²) in [5.41, 5.74) is 5.08. The molecule has 0 spiro atoms. The zero-order valence-electron chi connectivity index (χ0n) is 11.8. The van der Waals surface area contributed by atoms with E-state index in [2.05, 4.69) is 4.98 Å². The van der Waals surface area contributed by atoms with Gasteiger partial charge in [-0.2, -0.15) is 0 Å². The van der Waals surface area contributed by atoms with Crippen molar-refractivity contribution in [1.82, 2.24) is 4.98 Å². The highest BCUT2D eigenvalue weighted by molar-refractivity contribution is 5.98. The van der Waals surface area contributed by atoms with Crippen LogP contribution in [-0.4, -0.2) is 42.1 Å². The molecule has 21 heavy (non-hydrogen) atoms. The lowest BCUT2D eigenvalue weighted by molar-refractivity contribution is -0.385. The second-order valence-electron chi connectivity index (χ2n) is 5.06. The van der Waals surface area contributed by atoms with E-state index in [0.29, 0.717) is 12.4 Å². The fourth-order valence-electron chi connectivity index (χ4n) is 2.38. The van der Waals surface area contributed by atoms with Crippen molar-refractivity contribution < 1.29 is 14.5 Å². The maximum absolute atomic E-state index is 11.5. The van der Waals surface area contributed by atoms with Crippen molar-refractivity contribution in [1.29, 1.82) is 0 Å². The molecule has 2 rings (SSSR count). The Morgan fingerprint density at radius 2 is 2.38 bits per heavy atom. The summed E-state index contributed by atoms with van der Waals surface area (Å²) in [4.78, 5) is 27.4. The van der Waals surface area contributed by atoms with Gasteiger partial charge in [-0.15, -0.1) is 0 Å². The van der Waals surface area contributed by atoms with E-state index >= 15 is 0 Å². The molecule has 1 aliphatic rings. The standard InChI is InChI=1S/C13H18N4O4/c1-16(8-10-4-2-3-5-21-10)13-11(12(14)18)6-9(7-15-13)17(19)20/h6-7,10H,2-5,8H2,1H3,(H2,14,18). The molecule has 1 amide bonds. The first-order valence-corrected chi connectivity index (χ1v) is 6.76. The Labute approximate surface area is 122 Å². The van der Waals surface area contributed by atoms with Crippen molar-refractivity contribution in [2.75, 3.05) is 25.1 Å². The summed E-state index contributed by atoms with van der Waals surface area (Å²) in [6.45, 7) is 1.29. The molecule has 1 fully saturated rings. The predicted molar refractivity (Wildman–Crippen MR) is 76.3 cm³/mol. The number of primary amides is 1. The van der Waals surface area contributed by atoms with Crippen LogP contribution in [0.1, 0.15) is 29.6 Å². The highest BCUT2D eigenvalue weighted by atomic mass is 16.6. The van der Waals surface area contributed by atoms with E-state index in [1.807, 2.05) is 0 Å². The van der Waals surface area contributed by atoms with Gasteiger partial charge in [-0.1, -0.05) is 0 Å². The van der Waals surface area contributed by atoms with E-state index in [9.17, 15) is 14.9 Å². The molecule has 0 radical (unpaired) electrons. The molecule has 1 atom stereocenters. The minimum absolute atomic E-state index is 0.0440. The maximum Gasteiger partial charge on any atom is 0.288 e. The van der Waals surface area contributed by atoms with Gasteiger partial charge in [-0.3, -0.25) is 14.9 Å². The quantitative estimate of drug-likeness (QED) is 0.642. The summed E-state index contributed by atoms with van der Waals surface area (Å²) in [6, 6.07) is 1.16. The number of pyridine rings is 1. The Bertz CT molecular complexity index is 543. The van der Waals surface area contributed by atoms with Gasteiger partial charge < -0.3 is 15.4 Å². The minimum Gasteiger partial charge on any atom is -0.376 e. The van der Waals surface area contributed by atoms with Gasteiger partial charge in [0.25, 0.3) is 11.6 Å². The lowest BCUT2D eigenvalue weighted by Crippen LogP contribution is -2.35. The number of nitro groups is 1. The number of carbonyl (C=O) groups is 1. The molecule has 8 nitrogen and oxygen atoms in total. The molecular weight excluding hydrogens is 276 g/mol. The van der Waals surface area contributed by atoms with Crippen LogP contribution in [-0.2, 0) is 4.74 Å². The third-order valence-electron chi connectivity index (χ3n) is 3.44. The number of hydrogen-bond acceptors (Lipinski definition) is 6. The van der Waals surface area contributed by atoms with Gasteiger partial charge in [0, 0.05) is 26.3 Å². The van der Waals surface area contributed by atoms with E-state index in [4.69, 9.17) is 10.5 Å². The van der Waals surface area contributed by atoms with E-state index in [0.717, 1.165) is 38.1 Å². The molecule has 1 aromatic heterocycles. The molecule has 8 heteroatoms. The Kier molecular flexibility index (Phi) is 4.69. The Morgan fingerprint density at radius 1 is 1.62 bits per heavy atom. The van der Waals surface area contributed by atoms with Gasteiger partial charge in [0.15, 0.2) is 0 Å². The Hall–Kier alpha value is -2.22. The fourth-order valence-corrected chi connectivity index (χ4v) is 2.38. The van der Waals surface area contributed by atoms with Crippen LogP contribution in [0, 0.1) is 10.1 Å². The third-order valence-corrected chi connectivity index (χ3v) is 3.44. The maximum atomic E-state index is 11.5. The number of likely N-dealkylation sites (N-methyl/N-ethyl adjacent to an activating group) is 1. The van der Waals surface area contributed by atoms with Crippen molar-refractivity contribution in [3.8, 4) is 0 Å². The number of hydrogen-bond donors (Lipinski definition) is 1. The second kappa shape index (κ2) is 6.49. The van der Waals surface area contributed by atoms with E-state index < -0.39 is 10.8 Å². The number of carbonyl (C=O) groups excluding carboxylic acids is 1. The average molecular weight is 294 g/mol.